The number of nitrogens with one attached hydrogen (secondary N) is 1. The highest BCUT2D eigenvalue weighted by atomic mass is 19.2. The van der Waals surface area contributed by atoms with Gasteiger partial charge < -0.3 is 15.2 Å². The second kappa shape index (κ2) is 8.84. The quantitative estimate of drug-likeness (QED) is 0.586. The zero-order chi connectivity index (χ0) is 20.0. The van der Waals surface area contributed by atoms with Crippen LogP contribution in [0.4, 0.5) is 22.4 Å². The number of alkyl carbamates (subject to hydrolysis) is 1. The Balaban J connectivity index is 1.98. The molecule has 0 heterocycles. The number of aromatic carboxylic acids is 1. The SMILES string of the molecule is O=C(NCC=Cc1c(F)c(F)c(C(=O)O)c(F)c1F)OCc1ccccc1. The summed E-state index contributed by atoms with van der Waals surface area (Å²) in [5.74, 6) is -9.88. The smallest absolute Gasteiger partial charge is 0.407 e. The lowest BCUT2D eigenvalue weighted by atomic mass is 10.1. The predicted molar refractivity (Wildman–Crippen MR) is 86.9 cm³/mol. The number of hydrogen-bond donors (Lipinski definition) is 2. The Morgan fingerprint density at radius 3 is 2.15 bits per heavy atom. The number of carboxylic acids is 1. The topological polar surface area (TPSA) is 75.6 Å². The maximum atomic E-state index is 13.7. The molecule has 2 rings (SSSR count). The lowest BCUT2D eigenvalue weighted by Crippen LogP contribution is -2.24. The van der Waals surface area contributed by atoms with E-state index >= 15 is 0 Å². The first-order chi connectivity index (χ1) is 12.8. The van der Waals surface area contributed by atoms with Crippen molar-refractivity contribution in [3.8, 4) is 0 Å². The molecule has 2 aromatic carbocycles. The minimum atomic E-state index is -2.14. The summed E-state index contributed by atoms with van der Waals surface area (Å²) in [5, 5.41) is 10.8. The van der Waals surface area contributed by atoms with Crippen molar-refractivity contribution < 1.29 is 37.0 Å². The summed E-state index contributed by atoms with van der Waals surface area (Å²) < 4.78 is 59.5. The molecule has 0 aromatic heterocycles. The Bertz CT molecular complexity index is 856. The van der Waals surface area contributed by atoms with E-state index in [0.717, 1.165) is 11.6 Å². The standard InChI is InChI=1S/C18H13F4NO4/c19-13-11(14(20)16(22)12(15(13)21)17(24)25)7-4-8-23-18(26)27-9-10-5-2-1-3-6-10/h1-7H,8-9H2,(H,23,26)(H,24,25). The van der Waals surface area contributed by atoms with Crippen LogP contribution in [0.5, 0.6) is 0 Å². The highest BCUT2D eigenvalue weighted by Gasteiger charge is 2.28. The van der Waals surface area contributed by atoms with Crippen LogP contribution in [0, 0.1) is 23.3 Å². The third-order valence-electron chi connectivity index (χ3n) is 3.37. The molecule has 0 aliphatic heterocycles. The molecule has 0 saturated carbocycles. The average Bonchev–Trinajstić information content (AvgIpc) is 2.65. The van der Waals surface area contributed by atoms with Crippen molar-refractivity contribution in [2.45, 2.75) is 6.61 Å². The van der Waals surface area contributed by atoms with Crippen molar-refractivity contribution in [1.82, 2.24) is 5.32 Å². The molecule has 0 spiro atoms. The van der Waals surface area contributed by atoms with Gasteiger partial charge in [-0.1, -0.05) is 42.5 Å². The van der Waals surface area contributed by atoms with E-state index in [1.165, 1.54) is 0 Å². The lowest BCUT2D eigenvalue weighted by molar-refractivity contribution is 0.0683. The lowest BCUT2D eigenvalue weighted by Gasteiger charge is -2.07. The van der Waals surface area contributed by atoms with Crippen LogP contribution in [0.25, 0.3) is 6.08 Å². The van der Waals surface area contributed by atoms with Gasteiger partial charge in [0.25, 0.3) is 0 Å². The maximum Gasteiger partial charge on any atom is 0.407 e. The largest absolute Gasteiger partial charge is 0.477 e. The number of hydrogen-bond acceptors (Lipinski definition) is 3. The van der Waals surface area contributed by atoms with Crippen LogP contribution >= 0.6 is 0 Å². The van der Waals surface area contributed by atoms with Crippen LogP contribution in [0.1, 0.15) is 21.5 Å². The average molecular weight is 383 g/mol. The molecule has 0 saturated heterocycles. The zero-order valence-corrected chi connectivity index (χ0v) is 13.6. The van der Waals surface area contributed by atoms with E-state index in [1.807, 2.05) is 0 Å². The van der Waals surface area contributed by atoms with Gasteiger partial charge in [-0.15, -0.1) is 0 Å². The predicted octanol–water partition coefficient (Wildman–Crippen LogP) is 3.88. The van der Waals surface area contributed by atoms with Gasteiger partial charge in [0, 0.05) is 6.54 Å². The van der Waals surface area contributed by atoms with Crippen LogP contribution in [-0.2, 0) is 11.3 Å². The van der Waals surface area contributed by atoms with Gasteiger partial charge in [0.1, 0.15) is 12.2 Å². The number of carboxylic acid groups (broad SMARTS) is 1. The van der Waals surface area contributed by atoms with E-state index in [0.29, 0.717) is 6.08 Å². The summed E-state index contributed by atoms with van der Waals surface area (Å²) in [4.78, 5) is 22.2. The highest BCUT2D eigenvalue weighted by molar-refractivity contribution is 5.88. The number of halogens is 4. The third kappa shape index (κ3) is 4.84. The molecular formula is C18H13F4NO4. The molecule has 0 fully saturated rings. The first-order valence-electron chi connectivity index (χ1n) is 7.53. The van der Waals surface area contributed by atoms with Crippen LogP contribution in [0.15, 0.2) is 36.4 Å². The van der Waals surface area contributed by atoms with Gasteiger partial charge in [0.15, 0.2) is 23.3 Å². The van der Waals surface area contributed by atoms with Crippen LogP contribution in [0.2, 0.25) is 0 Å². The summed E-state index contributed by atoms with van der Waals surface area (Å²) in [6, 6.07) is 8.79. The fraction of sp³-hybridized carbons (Fsp3) is 0.111. The number of carbonyl (C=O) groups is 2. The second-order valence-electron chi connectivity index (χ2n) is 5.19. The van der Waals surface area contributed by atoms with Crippen LogP contribution < -0.4 is 5.32 Å². The van der Waals surface area contributed by atoms with E-state index < -0.39 is 46.5 Å². The van der Waals surface area contributed by atoms with Crippen molar-refractivity contribution in [3.63, 3.8) is 0 Å². The molecule has 1 amide bonds. The number of ether oxygens (including phenoxy) is 1. The van der Waals surface area contributed by atoms with Crippen molar-refractivity contribution in [2.24, 2.45) is 0 Å². The normalized spacial score (nSPS) is 10.8. The molecule has 27 heavy (non-hydrogen) atoms. The molecule has 0 aliphatic rings. The van der Waals surface area contributed by atoms with E-state index in [1.54, 1.807) is 30.3 Å². The zero-order valence-electron chi connectivity index (χ0n) is 13.6. The number of amides is 1. The fourth-order valence-electron chi connectivity index (χ4n) is 2.08. The minimum absolute atomic E-state index is 0.00666. The summed E-state index contributed by atoms with van der Waals surface area (Å²) >= 11 is 0. The first-order valence-corrected chi connectivity index (χ1v) is 7.53. The van der Waals surface area contributed by atoms with Crippen molar-refractivity contribution in [1.29, 1.82) is 0 Å². The molecule has 0 aliphatic carbocycles. The number of benzene rings is 2. The second-order valence-corrected chi connectivity index (χ2v) is 5.19. The van der Waals surface area contributed by atoms with Gasteiger partial charge in [0.2, 0.25) is 0 Å². The molecule has 0 unspecified atom stereocenters. The Labute approximate surface area is 150 Å². The molecule has 142 valence electrons. The highest BCUT2D eigenvalue weighted by Crippen LogP contribution is 2.25. The van der Waals surface area contributed by atoms with Crippen molar-refractivity contribution in [2.75, 3.05) is 6.54 Å². The number of rotatable bonds is 6. The Hall–Kier alpha value is -3.36. The monoisotopic (exact) mass is 383 g/mol. The van der Waals surface area contributed by atoms with Gasteiger partial charge >= 0.3 is 12.1 Å². The van der Waals surface area contributed by atoms with Gasteiger partial charge in [-0.25, -0.2) is 27.2 Å². The van der Waals surface area contributed by atoms with Gasteiger partial charge in [-0.2, -0.15) is 0 Å². The van der Waals surface area contributed by atoms with Crippen molar-refractivity contribution in [3.05, 3.63) is 76.4 Å². The molecule has 9 heteroatoms. The summed E-state index contributed by atoms with van der Waals surface area (Å²) in [7, 11) is 0. The maximum absolute atomic E-state index is 13.7. The first kappa shape index (κ1) is 20.0. The summed E-state index contributed by atoms with van der Waals surface area (Å²) in [5.41, 5.74) is -2.07. The van der Waals surface area contributed by atoms with E-state index in [4.69, 9.17) is 9.84 Å². The van der Waals surface area contributed by atoms with Crippen LogP contribution in [-0.4, -0.2) is 23.7 Å². The minimum Gasteiger partial charge on any atom is -0.477 e. The Morgan fingerprint density at radius 1 is 1.00 bits per heavy atom. The van der Waals surface area contributed by atoms with Gasteiger partial charge in [0.05, 0.1) is 5.56 Å². The Kier molecular flexibility index (Phi) is 6.53. The summed E-state index contributed by atoms with van der Waals surface area (Å²) in [6.07, 6.45) is 0.882. The van der Waals surface area contributed by atoms with Gasteiger partial charge in [-0.05, 0) is 5.56 Å². The molecule has 0 atom stereocenters. The van der Waals surface area contributed by atoms with E-state index in [9.17, 15) is 27.2 Å². The number of carbonyl (C=O) groups excluding carboxylic acids is 1. The Morgan fingerprint density at radius 2 is 1.59 bits per heavy atom. The van der Waals surface area contributed by atoms with Crippen LogP contribution in [0.3, 0.4) is 0 Å². The van der Waals surface area contributed by atoms with E-state index in [2.05, 4.69) is 5.32 Å². The van der Waals surface area contributed by atoms with Crippen molar-refractivity contribution >= 4 is 18.1 Å². The molecule has 0 bridgehead atoms. The molecule has 2 aromatic rings. The molecule has 2 N–H and O–H groups in total. The molecule has 0 radical (unpaired) electrons. The summed E-state index contributed by atoms with van der Waals surface area (Å²) in [6.45, 7) is -0.247. The third-order valence-corrected chi connectivity index (χ3v) is 3.37. The fourth-order valence-corrected chi connectivity index (χ4v) is 2.08. The van der Waals surface area contributed by atoms with Gasteiger partial charge in [-0.3, -0.25) is 0 Å². The molecule has 5 nitrogen and oxygen atoms in total. The van der Waals surface area contributed by atoms with E-state index in [-0.39, 0.29) is 13.2 Å². The molecular weight excluding hydrogens is 370 g/mol.